The van der Waals surface area contributed by atoms with Crippen LogP contribution in [0, 0.1) is 11.3 Å². The molecule has 1 N–H and O–H groups in total. The van der Waals surface area contributed by atoms with Gasteiger partial charge in [-0.25, -0.2) is 14.4 Å². The van der Waals surface area contributed by atoms with Crippen molar-refractivity contribution in [3.63, 3.8) is 0 Å². The molecule has 3 heterocycles. The summed E-state index contributed by atoms with van der Waals surface area (Å²) in [6, 6.07) is 6.67. The molecule has 0 radical (unpaired) electrons. The smallest absolute Gasteiger partial charge is 0.264 e. The maximum absolute atomic E-state index is 14.9. The van der Waals surface area contributed by atoms with Gasteiger partial charge in [0.1, 0.15) is 11.8 Å². The van der Waals surface area contributed by atoms with E-state index in [9.17, 15) is 9.18 Å². The largest absolute Gasteiger partial charge is 0.337 e. The number of nitriles is 1. The van der Waals surface area contributed by atoms with E-state index in [0.29, 0.717) is 12.2 Å². The first kappa shape index (κ1) is 14.8. The highest BCUT2D eigenvalue weighted by molar-refractivity contribution is 5.98. The normalized spacial score (nSPS) is 20.1. The Labute approximate surface area is 131 Å². The van der Waals surface area contributed by atoms with E-state index in [-0.39, 0.29) is 24.6 Å². The Kier molecular flexibility index (Phi) is 3.85. The zero-order chi connectivity index (χ0) is 16.3. The topological polar surface area (TPSA) is 94.8 Å². The third kappa shape index (κ3) is 3.08. The second-order valence-electron chi connectivity index (χ2n) is 5.19. The lowest BCUT2D eigenvalue weighted by Gasteiger charge is -2.20. The molecule has 1 atom stereocenters. The molecule has 1 unspecified atom stereocenters. The van der Waals surface area contributed by atoms with Crippen molar-refractivity contribution < 1.29 is 9.18 Å². The molecule has 2 aromatic heterocycles. The Morgan fingerprint density at radius 1 is 1.43 bits per heavy atom. The molecule has 0 aromatic carbocycles. The van der Waals surface area contributed by atoms with Crippen molar-refractivity contribution in [1.82, 2.24) is 15.0 Å². The molecule has 0 spiro atoms. The highest BCUT2D eigenvalue weighted by Gasteiger charge is 2.46. The summed E-state index contributed by atoms with van der Waals surface area (Å²) < 4.78 is 14.9. The van der Waals surface area contributed by atoms with E-state index in [2.05, 4.69) is 20.3 Å². The molecule has 1 amide bonds. The van der Waals surface area contributed by atoms with E-state index in [4.69, 9.17) is 5.26 Å². The Morgan fingerprint density at radius 3 is 3.04 bits per heavy atom. The molecule has 0 aliphatic carbocycles. The number of hydrogen-bond donors (Lipinski definition) is 1. The highest BCUT2D eigenvalue weighted by atomic mass is 19.1. The van der Waals surface area contributed by atoms with Gasteiger partial charge < -0.3 is 10.2 Å². The molecule has 1 aliphatic rings. The molecule has 0 bridgehead atoms. The standard InChI is InChI=1S/C15H13FN6O/c16-15(13(23)20-12-2-1-5-18-9-12)4-7-22(10-15)14-19-6-3-11(8-17)21-14/h1-3,5-6,9H,4,7,10H2,(H,20,23). The van der Waals surface area contributed by atoms with Crippen LogP contribution in [0.15, 0.2) is 36.8 Å². The summed E-state index contributed by atoms with van der Waals surface area (Å²) in [4.78, 5) is 25.7. The maximum Gasteiger partial charge on any atom is 0.264 e. The Bertz CT molecular complexity index is 762. The first-order valence-electron chi connectivity index (χ1n) is 6.99. The predicted molar refractivity (Wildman–Crippen MR) is 80.3 cm³/mol. The highest BCUT2D eigenvalue weighted by Crippen LogP contribution is 2.29. The molecule has 3 rings (SSSR count). The third-order valence-electron chi connectivity index (χ3n) is 3.59. The van der Waals surface area contributed by atoms with Gasteiger partial charge in [0.2, 0.25) is 11.6 Å². The van der Waals surface area contributed by atoms with Crippen LogP contribution in [-0.2, 0) is 4.79 Å². The number of carbonyl (C=O) groups excluding carboxylic acids is 1. The minimum absolute atomic E-state index is 0.0270. The first-order valence-corrected chi connectivity index (χ1v) is 6.99. The van der Waals surface area contributed by atoms with Crippen molar-refractivity contribution in [3.8, 4) is 6.07 Å². The van der Waals surface area contributed by atoms with Crippen molar-refractivity contribution in [3.05, 3.63) is 42.5 Å². The van der Waals surface area contributed by atoms with Crippen LogP contribution in [0.4, 0.5) is 16.0 Å². The molecule has 23 heavy (non-hydrogen) atoms. The molecule has 0 saturated carbocycles. The fourth-order valence-corrected chi connectivity index (χ4v) is 2.37. The summed E-state index contributed by atoms with van der Waals surface area (Å²) in [7, 11) is 0. The molecule has 8 heteroatoms. The average molecular weight is 312 g/mol. The van der Waals surface area contributed by atoms with Gasteiger partial charge in [0.15, 0.2) is 0 Å². The van der Waals surface area contributed by atoms with E-state index < -0.39 is 11.6 Å². The molecule has 1 fully saturated rings. The average Bonchev–Trinajstić information content (AvgIpc) is 3.00. The van der Waals surface area contributed by atoms with Crippen molar-refractivity contribution in [2.45, 2.75) is 12.1 Å². The van der Waals surface area contributed by atoms with Crippen molar-refractivity contribution in [2.75, 3.05) is 23.3 Å². The number of halogens is 1. The SMILES string of the molecule is N#Cc1ccnc(N2CCC(F)(C(=O)Nc3cccnc3)C2)n1. The molecule has 1 aliphatic heterocycles. The second-order valence-corrected chi connectivity index (χ2v) is 5.19. The summed E-state index contributed by atoms with van der Waals surface area (Å²) in [6.45, 7) is 0.139. The summed E-state index contributed by atoms with van der Waals surface area (Å²) in [5.74, 6) is -0.470. The third-order valence-corrected chi connectivity index (χ3v) is 3.59. The summed E-state index contributed by atoms with van der Waals surface area (Å²) in [5, 5.41) is 11.4. The van der Waals surface area contributed by atoms with Crippen LogP contribution >= 0.6 is 0 Å². The first-order chi connectivity index (χ1) is 11.1. The van der Waals surface area contributed by atoms with Gasteiger partial charge in [0.05, 0.1) is 18.4 Å². The number of hydrogen-bond acceptors (Lipinski definition) is 6. The zero-order valence-electron chi connectivity index (χ0n) is 12.1. The van der Waals surface area contributed by atoms with Crippen LogP contribution in [0.5, 0.6) is 0 Å². The molecule has 1 saturated heterocycles. The number of pyridine rings is 1. The van der Waals surface area contributed by atoms with Crippen molar-refractivity contribution >= 4 is 17.5 Å². The van der Waals surface area contributed by atoms with Crippen LogP contribution in [0.1, 0.15) is 12.1 Å². The lowest BCUT2D eigenvalue weighted by atomic mass is 10.0. The van der Waals surface area contributed by atoms with Gasteiger partial charge in [-0.3, -0.25) is 9.78 Å². The fourth-order valence-electron chi connectivity index (χ4n) is 2.37. The van der Waals surface area contributed by atoms with Crippen LogP contribution in [0.2, 0.25) is 0 Å². The van der Waals surface area contributed by atoms with Crippen LogP contribution < -0.4 is 10.2 Å². The Hall–Kier alpha value is -3.08. The van der Waals surface area contributed by atoms with E-state index in [0.717, 1.165) is 0 Å². The number of carbonyl (C=O) groups is 1. The van der Waals surface area contributed by atoms with Crippen molar-refractivity contribution in [1.29, 1.82) is 5.26 Å². The van der Waals surface area contributed by atoms with Crippen LogP contribution in [0.25, 0.3) is 0 Å². The Balaban J connectivity index is 1.72. The summed E-state index contributed by atoms with van der Waals surface area (Å²) in [5.41, 5.74) is -1.40. The minimum atomic E-state index is -2.04. The number of nitrogens with zero attached hydrogens (tertiary/aromatic N) is 5. The van der Waals surface area contributed by atoms with Gasteiger partial charge >= 0.3 is 0 Å². The molecular weight excluding hydrogens is 299 g/mol. The van der Waals surface area contributed by atoms with Crippen LogP contribution in [0.3, 0.4) is 0 Å². The summed E-state index contributed by atoms with van der Waals surface area (Å²) in [6.07, 6.45) is 4.49. The monoisotopic (exact) mass is 312 g/mol. The number of rotatable bonds is 3. The quantitative estimate of drug-likeness (QED) is 0.918. The number of aromatic nitrogens is 3. The van der Waals surface area contributed by atoms with Gasteiger partial charge in [-0.1, -0.05) is 0 Å². The van der Waals surface area contributed by atoms with Gasteiger partial charge in [0, 0.05) is 25.4 Å². The van der Waals surface area contributed by atoms with E-state index in [1.54, 1.807) is 23.2 Å². The number of anilines is 2. The number of alkyl halides is 1. The number of amides is 1. The lowest BCUT2D eigenvalue weighted by Crippen LogP contribution is -2.41. The molecule has 116 valence electrons. The molecular formula is C15H13FN6O. The fraction of sp³-hybridized carbons (Fsp3) is 0.267. The lowest BCUT2D eigenvalue weighted by molar-refractivity contribution is -0.126. The van der Waals surface area contributed by atoms with Crippen molar-refractivity contribution in [2.24, 2.45) is 0 Å². The van der Waals surface area contributed by atoms with Gasteiger partial charge in [-0.05, 0) is 18.2 Å². The zero-order valence-corrected chi connectivity index (χ0v) is 12.1. The van der Waals surface area contributed by atoms with E-state index in [1.165, 1.54) is 18.5 Å². The van der Waals surface area contributed by atoms with E-state index >= 15 is 0 Å². The molecule has 7 nitrogen and oxygen atoms in total. The van der Waals surface area contributed by atoms with Gasteiger partial charge in [-0.2, -0.15) is 5.26 Å². The molecule has 2 aromatic rings. The minimum Gasteiger partial charge on any atom is -0.337 e. The van der Waals surface area contributed by atoms with Crippen LogP contribution in [-0.4, -0.2) is 39.6 Å². The van der Waals surface area contributed by atoms with Gasteiger partial charge in [-0.15, -0.1) is 0 Å². The second kappa shape index (κ2) is 5.96. The predicted octanol–water partition coefficient (Wildman–Crippen LogP) is 1.30. The number of nitrogens with one attached hydrogen (secondary N) is 1. The summed E-state index contributed by atoms with van der Waals surface area (Å²) >= 11 is 0. The Morgan fingerprint density at radius 2 is 2.30 bits per heavy atom. The van der Waals surface area contributed by atoms with E-state index in [1.807, 2.05) is 6.07 Å². The maximum atomic E-state index is 14.9. The van der Waals surface area contributed by atoms with Gasteiger partial charge in [0.25, 0.3) is 5.91 Å².